The summed E-state index contributed by atoms with van der Waals surface area (Å²) in [4.78, 5) is 12.4. The van der Waals surface area contributed by atoms with Crippen LogP contribution in [-0.4, -0.2) is 23.0 Å². The zero-order valence-electron chi connectivity index (χ0n) is 17.7. The largest absolute Gasteiger partial charge is 0.491 e. The van der Waals surface area contributed by atoms with Gasteiger partial charge in [0.1, 0.15) is 11.6 Å². The Kier molecular flexibility index (Phi) is 6.90. The predicted molar refractivity (Wildman–Crippen MR) is 117 cm³/mol. The Hall–Kier alpha value is -3.02. The molecule has 29 heavy (non-hydrogen) atoms. The van der Waals surface area contributed by atoms with Gasteiger partial charge in [-0.15, -0.1) is 0 Å². The van der Waals surface area contributed by atoms with Gasteiger partial charge in [0.15, 0.2) is 5.54 Å². The fourth-order valence-electron chi connectivity index (χ4n) is 3.30. The number of hydrogen-bond acceptors (Lipinski definition) is 4. The van der Waals surface area contributed by atoms with Gasteiger partial charge in [0.05, 0.1) is 6.10 Å². The lowest BCUT2D eigenvalue weighted by Gasteiger charge is -2.32. The molecule has 2 aromatic rings. The summed E-state index contributed by atoms with van der Waals surface area (Å²) in [6.45, 7) is 9.91. The zero-order chi connectivity index (χ0) is 21.8. The van der Waals surface area contributed by atoms with Crippen LogP contribution in [0.3, 0.4) is 0 Å². The topological polar surface area (TPSA) is 108 Å². The molecule has 6 nitrogen and oxygen atoms in total. The number of amidine groups is 1. The minimum absolute atomic E-state index is 0.0288. The van der Waals surface area contributed by atoms with Gasteiger partial charge < -0.3 is 20.9 Å². The molecule has 0 fully saturated rings. The molecule has 0 aliphatic heterocycles. The third-order valence-electron chi connectivity index (χ3n) is 4.94. The van der Waals surface area contributed by atoms with Gasteiger partial charge in [0.25, 0.3) is 0 Å². The van der Waals surface area contributed by atoms with Crippen molar-refractivity contribution in [2.24, 2.45) is 5.73 Å². The van der Waals surface area contributed by atoms with Crippen LogP contribution >= 0.6 is 0 Å². The first-order valence-corrected chi connectivity index (χ1v) is 9.87. The lowest BCUT2D eigenvalue weighted by atomic mass is 9.84. The molecule has 6 heteroatoms. The van der Waals surface area contributed by atoms with Crippen molar-refractivity contribution in [3.05, 3.63) is 59.2 Å². The van der Waals surface area contributed by atoms with E-state index < -0.39 is 11.5 Å². The van der Waals surface area contributed by atoms with E-state index in [0.29, 0.717) is 23.2 Å². The lowest BCUT2D eigenvalue weighted by Crippen LogP contribution is -2.43. The van der Waals surface area contributed by atoms with E-state index in [1.807, 2.05) is 39.0 Å². The molecule has 0 saturated heterocycles. The number of benzene rings is 2. The highest BCUT2D eigenvalue weighted by Gasteiger charge is 2.39. The third-order valence-corrected chi connectivity index (χ3v) is 4.94. The first kappa shape index (κ1) is 22.3. The van der Waals surface area contributed by atoms with E-state index in [9.17, 15) is 9.90 Å². The number of nitrogen functional groups attached to an aromatic ring is 1. The van der Waals surface area contributed by atoms with Crippen molar-refractivity contribution in [1.82, 2.24) is 0 Å². The summed E-state index contributed by atoms with van der Waals surface area (Å²) in [5.74, 6) is -0.0245. The maximum Gasteiger partial charge on any atom is 0.334 e. The number of carboxylic acid groups (broad SMARTS) is 1. The second-order valence-electron chi connectivity index (χ2n) is 7.75. The van der Waals surface area contributed by atoms with Crippen LogP contribution in [0.1, 0.15) is 63.6 Å². The number of carbonyl (C=O) groups is 1. The van der Waals surface area contributed by atoms with Gasteiger partial charge in [-0.1, -0.05) is 26.8 Å². The summed E-state index contributed by atoms with van der Waals surface area (Å²) in [7, 11) is 0. The predicted octanol–water partition coefficient (Wildman–Crippen LogP) is 4.68. The summed E-state index contributed by atoms with van der Waals surface area (Å²) in [6, 6.07) is 12.5. The van der Waals surface area contributed by atoms with Crippen LogP contribution in [0.4, 0.5) is 5.69 Å². The summed E-state index contributed by atoms with van der Waals surface area (Å²) in [5.41, 5.74) is 7.09. The Morgan fingerprint density at radius 3 is 2.24 bits per heavy atom. The first-order valence-electron chi connectivity index (χ1n) is 9.87. The quantitative estimate of drug-likeness (QED) is 0.363. The zero-order valence-corrected chi connectivity index (χ0v) is 17.7. The molecule has 0 aliphatic rings. The molecule has 2 aromatic carbocycles. The van der Waals surface area contributed by atoms with Crippen LogP contribution < -0.4 is 15.8 Å². The Morgan fingerprint density at radius 2 is 1.79 bits per heavy atom. The summed E-state index contributed by atoms with van der Waals surface area (Å²) in [6.07, 6.45) is 0.380. The minimum Gasteiger partial charge on any atom is -0.491 e. The number of aliphatic carboxylic acids is 1. The SMILES string of the molecule is CCC(Nc1ccc(C(=N)N)cc1)(C(=O)O)c1ccc(OC(C)C)c(C(C)C)c1. The summed E-state index contributed by atoms with van der Waals surface area (Å²) < 4.78 is 5.92. The molecule has 0 spiro atoms. The van der Waals surface area contributed by atoms with Crippen LogP contribution in [-0.2, 0) is 10.3 Å². The fraction of sp³-hybridized carbons (Fsp3) is 0.391. The molecule has 0 aliphatic carbocycles. The monoisotopic (exact) mass is 397 g/mol. The molecular weight excluding hydrogens is 366 g/mol. The third kappa shape index (κ3) is 4.88. The lowest BCUT2D eigenvalue weighted by molar-refractivity contribution is -0.142. The second kappa shape index (κ2) is 8.99. The van der Waals surface area contributed by atoms with E-state index in [1.54, 1.807) is 24.3 Å². The fourth-order valence-corrected chi connectivity index (χ4v) is 3.30. The number of ether oxygens (including phenoxy) is 1. The average molecular weight is 398 g/mol. The number of nitrogens with one attached hydrogen (secondary N) is 2. The second-order valence-corrected chi connectivity index (χ2v) is 7.75. The number of nitrogens with two attached hydrogens (primary N) is 1. The summed E-state index contributed by atoms with van der Waals surface area (Å²) >= 11 is 0. The van der Waals surface area contributed by atoms with Gasteiger partial charge in [-0.3, -0.25) is 5.41 Å². The van der Waals surface area contributed by atoms with E-state index in [4.69, 9.17) is 15.9 Å². The molecule has 1 unspecified atom stereocenters. The maximum atomic E-state index is 12.4. The molecule has 0 saturated carbocycles. The van der Waals surface area contributed by atoms with Crippen molar-refractivity contribution in [2.75, 3.05) is 5.32 Å². The number of rotatable bonds is 9. The van der Waals surface area contributed by atoms with Crippen LogP contribution in [0.5, 0.6) is 5.75 Å². The maximum absolute atomic E-state index is 12.4. The average Bonchev–Trinajstić information content (AvgIpc) is 2.66. The standard InChI is InChI=1S/C23H31N3O3/c1-6-23(22(27)28,26-18-10-7-16(8-11-18)21(24)25)17-9-12-20(29-15(4)5)19(13-17)14(2)3/h7-15,26H,6H2,1-5H3,(H3,24,25)(H,27,28). The molecule has 0 amide bonds. The Bertz CT molecular complexity index is 875. The van der Waals surface area contributed by atoms with Gasteiger partial charge >= 0.3 is 5.97 Å². The normalized spacial score (nSPS) is 13.2. The number of hydrogen-bond donors (Lipinski definition) is 4. The van der Waals surface area contributed by atoms with Crippen LogP contribution in [0.2, 0.25) is 0 Å². The molecule has 0 heterocycles. The van der Waals surface area contributed by atoms with Crippen molar-refractivity contribution < 1.29 is 14.6 Å². The van der Waals surface area contributed by atoms with E-state index in [-0.39, 0.29) is 17.9 Å². The molecular formula is C23H31N3O3. The molecule has 0 bridgehead atoms. The van der Waals surface area contributed by atoms with Crippen molar-refractivity contribution in [1.29, 1.82) is 5.41 Å². The highest BCUT2D eigenvalue weighted by molar-refractivity contribution is 5.95. The smallest absolute Gasteiger partial charge is 0.334 e. The first-order chi connectivity index (χ1) is 13.6. The van der Waals surface area contributed by atoms with Crippen molar-refractivity contribution in [3.63, 3.8) is 0 Å². The van der Waals surface area contributed by atoms with Crippen LogP contribution in [0.25, 0.3) is 0 Å². The van der Waals surface area contributed by atoms with Crippen LogP contribution in [0, 0.1) is 5.41 Å². The van der Waals surface area contributed by atoms with Gasteiger partial charge in [0, 0.05) is 11.3 Å². The minimum atomic E-state index is -1.29. The molecule has 1 atom stereocenters. The molecule has 156 valence electrons. The Labute approximate surface area is 172 Å². The number of anilines is 1. The Balaban J connectivity index is 2.52. The van der Waals surface area contributed by atoms with Crippen molar-refractivity contribution in [2.45, 2.75) is 58.6 Å². The molecule has 0 radical (unpaired) electrons. The van der Waals surface area contributed by atoms with E-state index in [1.165, 1.54) is 0 Å². The van der Waals surface area contributed by atoms with E-state index in [0.717, 1.165) is 11.3 Å². The highest BCUT2D eigenvalue weighted by atomic mass is 16.5. The summed E-state index contributed by atoms with van der Waals surface area (Å²) in [5, 5.41) is 20.9. The van der Waals surface area contributed by atoms with Gasteiger partial charge in [-0.2, -0.15) is 0 Å². The van der Waals surface area contributed by atoms with Crippen molar-refractivity contribution >= 4 is 17.5 Å². The molecule has 2 rings (SSSR count). The van der Waals surface area contributed by atoms with Gasteiger partial charge in [0.2, 0.25) is 0 Å². The van der Waals surface area contributed by atoms with Gasteiger partial charge in [-0.25, -0.2) is 4.79 Å². The Morgan fingerprint density at radius 1 is 1.17 bits per heavy atom. The van der Waals surface area contributed by atoms with E-state index in [2.05, 4.69) is 19.2 Å². The van der Waals surface area contributed by atoms with Gasteiger partial charge in [-0.05, 0) is 73.7 Å². The molecule has 0 aromatic heterocycles. The van der Waals surface area contributed by atoms with E-state index >= 15 is 0 Å². The number of carboxylic acids is 1. The molecule has 5 N–H and O–H groups in total. The van der Waals surface area contributed by atoms with Crippen molar-refractivity contribution in [3.8, 4) is 5.75 Å². The highest BCUT2D eigenvalue weighted by Crippen LogP contribution is 2.36. The van der Waals surface area contributed by atoms with Crippen LogP contribution in [0.15, 0.2) is 42.5 Å².